The molecule has 90 valence electrons. The van der Waals surface area contributed by atoms with Gasteiger partial charge in [-0.1, -0.05) is 6.08 Å². The molecule has 1 amide bonds. The van der Waals surface area contributed by atoms with Gasteiger partial charge in [0, 0.05) is 22.9 Å². The predicted molar refractivity (Wildman–Crippen MR) is 73.1 cm³/mol. The van der Waals surface area contributed by atoms with Crippen LogP contribution < -0.4 is 5.73 Å². The number of fused-ring (bicyclic) bond motifs is 1. The molecular formula is C13H11N3OS. The number of carbonyl (C=O) groups is 1. The number of hydrogen-bond donors (Lipinski definition) is 2. The van der Waals surface area contributed by atoms with E-state index in [-0.39, 0.29) is 0 Å². The van der Waals surface area contributed by atoms with Crippen molar-refractivity contribution in [3.05, 3.63) is 35.0 Å². The Balaban J connectivity index is 2.27. The number of aromatic nitrogens is 1. The Hall–Kier alpha value is -2.01. The SMILES string of the molecule is N=C1CCC=C1c1ncc(C(N)=O)c2sccc12. The lowest BCUT2D eigenvalue weighted by Crippen LogP contribution is -2.12. The molecule has 0 spiro atoms. The van der Waals surface area contributed by atoms with Crippen molar-refractivity contribution in [1.29, 1.82) is 5.41 Å². The van der Waals surface area contributed by atoms with Gasteiger partial charge in [0.1, 0.15) is 0 Å². The molecule has 0 aromatic carbocycles. The van der Waals surface area contributed by atoms with E-state index in [1.54, 1.807) is 0 Å². The molecule has 0 radical (unpaired) electrons. The summed E-state index contributed by atoms with van der Waals surface area (Å²) < 4.78 is 0.855. The number of nitrogens with one attached hydrogen (secondary N) is 1. The number of rotatable bonds is 2. The summed E-state index contributed by atoms with van der Waals surface area (Å²) in [5.74, 6) is -0.461. The van der Waals surface area contributed by atoms with E-state index in [9.17, 15) is 4.79 Å². The molecule has 0 saturated carbocycles. The molecule has 1 aliphatic rings. The maximum atomic E-state index is 11.3. The van der Waals surface area contributed by atoms with Gasteiger partial charge >= 0.3 is 0 Å². The molecule has 0 saturated heterocycles. The zero-order chi connectivity index (χ0) is 12.7. The molecule has 1 aliphatic carbocycles. The molecule has 0 bridgehead atoms. The molecule has 2 heterocycles. The van der Waals surface area contributed by atoms with Crippen LogP contribution in [0.2, 0.25) is 0 Å². The van der Waals surface area contributed by atoms with Crippen molar-refractivity contribution in [3.63, 3.8) is 0 Å². The molecule has 18 heavy (non-hydrogen) atoms. The van der Waals surface area contributed by atoms with Crippen molar-refractivity contribution in [1.82, 2.24) is 4.98 Å². The Labute approximate surface area is 108 Å². The van der Waals surface area contributed by atoms with E-state index < -0.39 is 5.91 Å². The number of allylic oxidation sites excluding steroid dienone is 2. The largest absolute Gasteiger partial charge is 0.366 e. The van der Waals surface area contributed by atoms with Crippen LogP contribution in [0, 0.1) is 5.41 Å². The minimum atomic E-state index is -0.461. The second-order valence-corrected chi connectivity index (χ2v) is 5.10. The molecule has 2 aromatic rings. The smallest absolute Gasteiger partial charge is 0.251 e. The Bertz CT molecular complexity index is 699. The number of carbonyl (C=O) groups excluding carboxylic acids is 1. The van der Waals surface area contributed by atoms with E-state index in [2.05, 4.69) is 4.98 Å². The van der Waals surface area contributed by atoms with Gasteiger partial charge in [0.2, 0.25) is 0 Å². The normalized spacial score (nSPS) is 15.1. The highest BCUT2D eigenvalue weighted by Crippen LogP contribution is 2.33. The van der Waals surface area contributed by atoms with Crippen LogP contribution in [0.1, 0.15) is 28.9 Å². The number of nitrogens with zero attached hydrogens (tertiary/aromatic N) is 1. The third-order valence-corrected chi connectivity index (χ3v) is 4.02. The molecule has 0 atom stereocenters. The summed E-state index contributed by atoms with van der Waals surface area (Å²) >= 11 is 1.48. The monoisotopic (exact) mass is 257 g/mol. The van der Waals surface area contributed by atoms with Gasteiger partial charge in [-0.25, -0.2) is 0 Å². The van der Waals surface area contributed by atoms with Crippen LogP contribution in [-0.2, 0) is 0 Å². The minimum absolute atomic E-state index is 0.453. The number of pyridine rings is 1. The molecule has 3 N–H and O–H groups in total. The van der Waals surface area contributed by atoms with Gasteiger partial charge in [0.05, 0.1) is 16.0 Å². The van der Waals surface area contributed by atoms with Crippen molar-refractivity contribution in [2.75, 3.05) is 0 Å². The van der Waals surface area contributed by atoms with Gasteiger partial charge in [-0.05, 0) is 24.3 Å². The van der Waals surface area contributed by atoms with Crippen molar-refractivity contribution in [3.8, 4) is 0 Å². The van der Waals surface area contributed by atoms with E-state index in [0.29, 0.717) is 11.3 Å². The average molecular weight is 257 g/mol. The van der Waals surface area contributed by atoms with Crippen LogP contribution in [0.4, 0.5) is 0 Å². The van der Waals surface area contributed by atoms with Crippen molar-refractivity contribution in [2.45, 2.75) is 12.8 Å². The third-order valence-electron chi connectivity index (χ3n) is 3.08. The average Bonchev–Trinajstić information content (AvgIpc) is 2.95. The Kier molecular flexibility index (Phi) is 2.48. The first-order valence-electron chi connectivity index (χ1n) is 5.63. The van der Waals surface area contributed by atoms with Gasteiger partial charge in [0.15, 0.2) is 0 Å². The highest BCUT2D eigenvalue weighted by molar-refractivity contribution is 7.17. The Morgan fingerprint density at radius 2 is 2.33 bits per heavy atom. The van der Waals surface area contributed by atoms with Gasteiger partial charge in [-0.3, -0.25) is 9.78 Å². The van der Waals surface area contributed by atoms with Crippen LogP contribution in [0.5, 0.6) is 0 Å². The van der Waals surface area contributed by atoms with Crippen molar-refractivity contribution in [2.24, 2.45) is 5.73 Å². The molecule has 0 aliphatic heterocycles. The second kappa shape index (κ2) is 4.03. The van der Waals surface area contributed by atoms with E-state index in [1.165, 1.54) is 17.5 Å². The van der Waals surface area contributed by atoms with Gasteiger partial charge in [0.25, 0.3) is 5.91 Å². The van der Waals surface area contributed by atoms with E-state index in [4.69, 9.17) is 11.1 Å². The van der Waals surface area contributed by atoms with Crippen LogP contribution in [0.15, 0.2) is 23.7 Å². The summed E-state index contributed by atoms with van der Waals surface area (Å²) in [6.45, 7) is 0. The van der Waals surface area contributed by atoms with Crippen molar-refractivity contribution >= 4 is 38.6 Å². The number of nitrogens with two attached hydrogens (primary N) is 1. The first kappa shape index (κ1) is 11.1. The molecule has 4 nitrogen and oxygen atoms in total. The van der Waals surface area contributed by atoms with Gasteiger partial charge in [-0.2, -0.15) is 0 Å². The lowest BCUT2D eigenvalue weighted by molar-refractivity contribution is 0.100. The summed E-state index contributed by atoms with van der Waals surface area (Å²) in [5.41, 5.74) is 8.08. The van der Waals surface area contributed by atoms with Crippen LogP contribution in [0.3, 0.4) is 0 Å². The van der Waals surface area contributed by atoms with Crippen LogP contribution in [0.25, 0.3) is 15.7 Å². The summed E-state index contributed by atoms with van der Waals surface area (Å²) in [7, 11) is 0. The van der Waals surface area contributed by atoms with Gasteiger partial charge < -0.3 is 11.1 Å². The third kappa shape index (κ3) is 1.55. The Morgan fingerprint density at radius 1 is 1.50 bits per heavy atom. The van der Waals surface area contributed by atoms with E-state index in [1.807, 2.05) is 17.5 Å². The molecule has 3 rings (SSSR count). The first-order valence-corrected chi connectivity index (χ1v) is 6.51. The fourth-order valence-corrected chi connectivity index (χ4v) is 3.12. The Morgan fingerprint density at radius 3 is 3.00 bits per heavy atom. The van der Waals surface area contributed by atoms with E-state index >= 15 is 0 Å². The summed E-state index contributed by atoms with van der Waals surface area (Å²) in [6, 6.07) is 1.93. The van der Waals surface area contributed by atoms with Crippen LogP contribution >= 0.6 is 11.3 Å². The topological polar surface area (TPSA) is 79.8 Å². The summed E-state index contributed by atoms with van der Waals surface area (Å²) in [4.78, 5) is 15.7. The molecule has 5 heteroatoms. The zero-order valence-corrected chi connectivity index (χ0v) is 10.4. The maximum absolute atomic E-state index is 11.3. The highest BCUT2D eigenvalue weighted by atomic mass is 32.1. The minimum Gasteiger partial charge on any atom is -0.366 e. The fraction of sp³-hybridized carbons (Fsp3) is 0.154. The summed E-state index contributed by atoms with van der Waals surface area (Å²) in [5, 5.41) is 10.7. The van der Waals surface area contributed by atoms with Crippen LogP contribution in [-0.4, -0.2) is 16.6 Å². The van der Waals surface area contributed by atoms with Gasteiger partial charge in [-0.15, -0.1) is 11.3 Å². The van der Waals surface area contributed by atoms with Crippen molar-refractivity contribution < 1.29 is 4.79 Å². The zero-order valence-electron chi connectivity index (χ0n) is 9.56. The second-order valence-electron chi connectivity index (χ2n) is 4.18. The quantitative estimate of drug-likeness (QED) is 0.867. The number of primary amides is 1. The number of thiophene rings is 1. The molecule has 2 aromatic heterocycles. The predicted octanol–water partition coefficient (Wildman–Crippen LogP) is 2.59. The summed E-state index contributed by atoms with van der Waals surface area (Å²) in [6.07, 6.45) is 5.20. The number of hydrogen-bond acceptors (Lipinski definition) is 4. The lowest BCUT2D eigenvalue weighted by atomic mass is 10.1. The molecule has 0 fully saturated rings. The number of amides is 1. The standard InChI is InChI=1S/C13H11N3OS/c14-10-3-1-2-7(10)11-8-4-5-18-12(8)9(6-16-11)13(15)17/h2,4-6,14H,1,3H2,(H2,15,17). The molecular weight excluding hydrogens is 246 g/mol. The lowest BCUT2D eigenvalue weighted by Gasteiger charge is -2.06. The highest BCUT2D eigenvalue weighted by Gasteiger charge is 2.19. The fourth-order valence-electron chi connectivity index (χ4n) is 2.21. The van der Waals surface area contributed by atoms with E-state index in [0.717, 1.165) is 34.2 Å². The maximum Gasteiger partial charge on any atom is 0.251 e. The first-order chi connectivity index (χ1) is 8.68. The molecule has 0 unspecified atom stereocenters.